The third kappa shape index (κ3) is 3.92. The minimum absolute atomic E-state index is 0.253. The summed E-state index contributed by atoms with van der Waals surface area (Å²) in [6.07, 6.45) is 1.59. The van der Waals surface area contributed by atoms with Gasteiger partial charge < -0.3 is 15.1 Å². The molecule has 4 aromatic rings. The number of hydrogen-bond acceptors (Lipinski definition) is 4. The first kappa shape index (κ1) is 18.3. The van der Waals surface area contributed by atoms with Gasteiger partial charge in [0.05, 0.1) is 11.6 Å². The molecule has 2 N–H and O–H groups in total. The molecule has 0 radical (unpaired) electrons. The number of rotatable bonds is 5. The number of carbonyl (C=O) groups excluding carboxylic acids is 1. The van der Waals surface area contributed by atoms with Crippen molar-refractivity contribution in [3.8, 4) is 0 Å². The molecule has 0 saturated heterocycles. The minimum Gasteiger partial charge on any atom is -0.464 e. The molecule has 0 spiro atoms. The van der Waals surface area contributed by atoms with Crippen LogP contribution in [0.1, 0.15) is 21.6 Å². The predicted molar refractivity (Wildman–Crippen MR) is 114 cm³/mol. The Morgan fingerprint density at radius 3 is 2.71 bits per heavy atom. The maximum Gasteiger partial charge on any atom is 0.270 e. The van der Waals surface area contributed by atoms with Crippen LogP contribution in [0.15, 0.2) is 75.8 Å². The van der Waals surface area contributed by atoms with E-state index in [9.17, 15) is 4.79 Å². The smallest absolute Gasteiger partial charge is 0.270 e. The Balaban J connectivity index is 1.61. The van der Waals surface area contributed by atoms with E-state index in [2.05, 4.69) is 31.5 Å². The van der Waals surface area contributed by atoms with Crippen LogP contribution in [0.2, 0.25) is 0 Å². The minimum atomic E-state index is -0.253. The number of nitrogens with one attached hydrogen (secondary N) is 2. The van der Waals surface area contributed by atoms with Crippen LogP contribution in [0.25, 0.3) is 11.0 Å². The standard InChI is InChI=1S/C22H18BrN3O2/c1-14-11-16(7-8-18(14)23)25-21-17-9-10-28-20(17)12-19(26-21)22(27)24-13-15-5-3-2-4-6-15/h2-12H,13H2,1H3,(H,24,27)(H,25,26). The van der Waals surface area contributed by atoms with Gasteiger partial charge in [0.15, 0.2) is 0 Å². The molecule has 2 heterocycles. The Morgan fingerprint density at radius 1 is 1.11 bits per heavy atom. The molecule has 140 valence electrons. The van der Waals surface area contributed by atoms with E-state index in [1.165, 1.54) is 0 Å². The number of pyridine rings is 1. The van der Waals surface area contributed by atoms with Gasteiger partial charge in [0.2, 0.25) is 0 Å². The molecule has 2 aromatic carbocycles. The highest BCUT2D eigenvalue weighted by atomic mass is 79.9. The van der Waals surface area contributed by atoms with Crippen LogP contribution < -0.4 is 10.6 Å². The number of anilines is 2. The summed E-state index contributed by atoms with van der Waals surface area (Å²) >= 11 is 3.50. The number of hydrogen-bond donors (Lipinski definition) is 2. The number of amides is 1. The van der Waals surface area contributed by atoms with Gasteiger partial charge in [-0.1, -0.05) is 46.3 Å². The van der Waals surface area contributed by atoms with Gasteiger partial charge in [0, 0.05) is 22.8 Å². The molecule has 0 atom stereocenters. The van der Waals surface area contributed by atoms with E-state index in [0.29, 0.717) is 23.6 Å². The lowest BCUT2D eigenvalue weighted by Crippen LogP contribution is -2.24. The fourth-order valence-corrected chi connectivity index (χ4v) is 3.15. The number of halogens is 1. The molecule has 0 fully saturated rings. The summed E-state index contributed by atoms with van der Waals surface area (Å²) in [5, 5.41) is 7.02. The van der Waals surface area contributed by atoms with Crippen molar-refractivity contribution in [2.24, 2.45) is 0 Å². The van der Waals surface area contributed by atoms with Crippen molar-refractivity contribution < 1.29 is 9.21 Å². The highest BCUT2D eigenvalue weighted by molar-refractivity contribution is 9.10. The van der Waals surface area contributed by atoms with E-state index in [-0.39, 0.29) is 5.91 Å². The molecule has 0 aliphatic heterocycles. The maximum absolute atomic E-state index is 12.6. The highest BCUT2D eigenvalue weighted by Gasteiger charge is 2.14. The van der Waals surface area contributed by atoms with Crippen LogP contribution in [-0.4, -0.2) is 10.9 Å². The van der Waals surface area contributed by atoms with Gasteiger partial charge in [0.1, 0.15) is 17.1 Å². The maximum atomic E-state index is 12.6. The summed E-state index contributed by atoms with van der Waals surface area (Å²) in [7, 11) is 0. The van der Waals surface area contributed by atoms with E-state index in [4.69, 9.17) is 4.42 Å². The molecule has 5 nitrogen and oxygen atoms in total. The number of nitrogens with zero attached hydrogens (tertiary/aromatic N) is 1. The van der Waals surface area contributed by atoms with Gasteiger partial charge in [-0.3, -0.25) is 4.79 Å². The Labute approximate surface area is 170 Å². The fourth-order valence-electron chi connectivity index (χ4n) is 2.91. The zero-order chi connectivity index (χ0) is 19.5. The second-order valence-electron chi connectivity index (χ2n) is 6.45. The zero-order valence-electron chi connectivity index (χ0n) is 15.2. The quantitative estimate of drug-likeness (QED) is 0.429. The summed E-state index contributed by atoms with van der Waals surface area (Å²) in [5.41, 5.74) is 3.92. The second kappa shape index (κ2) is 7.86. The summed E-state index contributed by atoms with van der Waals surface area (Å²) in [6, 6.07) is 19.2. The molecule has 2 aromatic heterocycles. The summed E-state index contributed by atoms with van der Waals surface area (Å²) in [4.78, 5) is 17.2. The van der Waals surface area contributed by atoms with Crippen molar-refractivity contribution in [3.63, 3.8) is 0 Å². The number of carbonyl (C=O) groups is 1. The van der Waals surface area contributed by atoms with Crippen molar-refractivity contribution in [3.05, 3.63) is 88.2 Å². The number of benzene rings is 2. The molecule has 28 heavy (non-hydrogen) atoms. The van der Waals surface area contributed by atoms with Crippen molar-refractivity contribution in [2.75, 3.05) is 5.32 Å². The largest absolute Gasteiger partial charge is 0.464 e. The van der Waals surface area contributed by atoms with E-state index in [0.717, 1.165) is 26.7 Å². The van der Waals surface area contributed by atoms with Crippen LogP contribution in [0.5, 0.6) is 0 Å². The first-order valence-electron chi connectivity index (χ1n) is 8.84. The third-order valence-electron chi connectivity index (χ3n) is 4.40. The second-order valence-corrected chi connectivity index (χ2v) is 7.30. The summed E-state index contributed by atoms with van der Waals surface area (Å²) < 4.78 is 6.56. The lowest BCUT2D eigenvalue weighted by atomic mass is 10.2. The van der Waals surface area contributed by atoms with Crippen LogP contribution in [0.4, 0.5) is 11.5 Å². The first-order chi connectivity index (χ1) is 13.6. The van der Waals surface area contributed by atoms with Crippen LogP contribution in [0, 0.1) is 6.92 Å². The van der Waals surface area contributed by atoms with E-state index in [1.807, 2.05) is 61.5 Å². The third-order valence-corrected chi connectivity index (χ3v) is 5.29. The molecule has 1 amide bonds. The molecular formula is C22H18BrN3O2. The van der Waals surface area contributed by atoms with Gasteiger partial charge >= 0.3 is 0 Å². The van der Waals surface area contributed by atoms with E-state index in [1.54, 1.807) is 12.3 Å². The lowest BCUT2D eigenvalue weighted by molar-refractivity contribution is 0.0946. The van der Waals surface area contributed by atoms with Gasteiger partial charge in [-0.2, -0.15) is 0 Å². The molecule has 0 unspecified atom stereocenters. The van der Waals surface area contributed by atoms with Crippen molar-refractivity contribution in [1.82, 2.24) is 10.3 Å². The normalized spacial score (nSPS) is 10.8. The molecule has 0 aliphatic rings. The van der Waals surface area contributed by atoms with Crippen LogP contribution in [-0.2, 0) is 6.54 Å². The van der Waals surface area contributed by atoms with Crippen molar-refractivity contribution >= 4 is 44.3 Å². The number of furan rings is 1. The van der Waals surface area contributed by atoms with Crippen molar-refractivity contribution in [1.29, 1.82) is 0 Å². The average molecular weight is 436 g/mol. The first-order valence-corrected chi connectivity index (χ1v) is 9.63. The van der Waals surface area contributed by atoms with Gasteiger partial charge in [-0.05, 0) is 42.3 Å². The van der Waals surface area contributed by atoms with Gasteiger partial charge in [-0.15, -0.1) is 0 Å². The summed E-state index contributed by atoms with van der Waals surface area (Å²) in [5.74, 6) is 0.329. The molecule has 6 heteroatoms. The highest BCUT2D eigenvalue weighted by Crippen LogP contribution is 2.28. The van der Waals surface area contributed by atoms with Crippen LogP contribution >= 0.6 is 15.9 Å². The van der Waals surface area contributed by atoms with Crippen molar-refractivity contribution in [2.45, 2.75) is 13.5 Å². The molecular weight excluding hydrogens is 418 g/mol. The molecule has 4 rings (SSSR count). The fraction of sp³-hybridized carbons (Fsp3) is 0.0909. The molecule has 0 aliphatic carbocycles. The van der Waals surface area contributed by atoms with Crippen LogP contribution in [0.3, 0.4) is 0 Å². The average Bonchev–Trinajstić information content (AvgIpc) is 3.19. The number of fused-ring (bicyclic) bond motifs is 1. The zero-order valence-corrected chi connectivity index (χ0v) is 16.8. The Morgan fingerprint density at radius 2 is 1.93 bits per heavy atom. The Bertz CT molecular complexity index is 1140. The monoisotopic (exact) mass is 435 g/mol. The molecule has 0 bridgehead atoms. The van der Waals surface area contributed by atoms with Gasteiger partial charge in [-0.25, -0.2) is 4.98 Å². The van der Waals surface area contributed by atoms with E-state index >= 15 is 0 Å². The summed E-state index contributed by atoms with van der Waals surface area (Å²) in [6.45, 7) is 2.45. The SMILES string of the molecule is Cc1cc(Nc2nc(C(=O)NCc3ccccc3)cc3occc23)ccc1Br. The Kier molecular flexibility index (Phi) is 5.12. The molecule has 0 saturated carbocycles. The number of aromatic nitrogens is 1. The lowest BCUT2D eigenvalue weighted by Gasteiger charge is -2.11. The Hall–Kier alpha value is -3.12. The topological polar surface area (TPSA) is 67.2 Å². The van der Waals surface area contributed by atoms with Gasteiger partial charge in [0.25, 0.3) is 5.91 Å². The number of aryl methyl sites for hydroxylation is 1. The van der Waals surface area contributed by atoms with E-state index < -0.39 is 0 Å². The predicted octanol–water partition coefficient (Wildman–Crippen LogP) is 5.57.